The number of nitrogens with one attached hydrogen (secondary N) is 3. The SMILES string of the molecule is CCCOc1cccc(C=[NH+]NC(=S)NCC)c1. The van der Waals surface area contributed by atoms with Crippen LogP contribution in [0.25, 0.3) is 0 Å². The van der Waals surface area contributed by atoms with Gasteiger partial charge in [-0.3, -0.25) is 0 Å². The van der Waals surface area contributed by atoms with E-state index in [0.717, 1.165) is 30.9 Å². The summed E-state index contributed by atoms with van der Waals surface area (Å²) in [4.78, 5) is 0. The van der Waals surface area contributed by atoms with Crippen LogP contribution in [0.2, 0.25) is 0 Å². The van der Waals surface area contributed by atoms with Gasteiger partial charge in [-0.25, -0.2) is 0 Å². The summed E-state index contributed by atoms with van der Waals surface area (Å²) in [5.74, 6) is 0.877. The molecule has 0 saturated carbocycles. The minimum Gasteiger partial charge on any atom is -0.494 e. The molecule has 1 aromatic carbocycles. The van der Waals surface area contributed by atoms with E-state index in [2.05, 4.69) is 22.8 Å². The highest BCUT2D eigenvalue weighted by molar-refractivity contribution is 7.80. The normalized spacial score (nSPS) is 10.3. The van der Waals surface area contributed by atoms with E-state index in [1.807, 2.05) is 37.4 Å². The van der Waals surface area contributed by atoms with E-state index in [-0.39, 0.29) is 0 Å². The largest absolute Gasteiger partial charge is 0.494 e. The molecule has 1 rings (SSSR count). The Labute approximate surface area is 113 Å². The van der Waals surface area contributed by atoms with Crippen molar-refractivity contribution in [2.24, 2.45) is 0 Å². The molecule has 0 radical (unpaired) electrons. The van der Waals surface area contributed by atoms with Crippen molar-refractivity contribution in [3.8, 4) is 5.75 Å². The molecule has 0 spiro atoms. The molecule has 0 saturated heterocycles. The van der Waals surface area contributed by atoms with Gasteiger partial charge in [0.15, 0.2) is 6.21 Å². The Hall–Kier alpha value is -1.62. The summed E-state index contributed by atoms with van der Waals surface area (Å²) in [5, 5.41) is 6.50. The number of hydrogen-bond donors (Lipinski definition) is 3. The zero-order chi connectivity index (χ0) is 13.2. The molecule has 0 aliphatic heterocycles. The average Bonchev–Trinajstić information content (AvgIpc) is 2.37. The summed E-state index contributed by atoms with van der Waals surface area (Å²) < 4.78 is 5.56. The summed E-state index contributed by atoms with van der Waals surface area (Å²) in [6.07, 6.45) is 2.84. The molecule has 0 fully saturated rings. The molecule has 98 valence electrons. The standard InChI is InChI=1S/C13H19N3OS/c1-3-8-17-12-7-5-6-11(9-12)10-15-16-13(18)14-4-2/h5-7,9-10H,3-4,8H2,1-2H3,(H2,14,16,18)/p+1. The number of benzene rings is 1. The van der Waals surface area contributed by atoms with Crippen molar-refractivity contribution in [2.75, 3.05) is 13.2 Å². The fraction of sp³-hybridized carbons (Fsp3) is 0.385. The van der Waals surface area contributed by atoms with E-state index >= 15 is 0 Å². The zero-order valence-electron chi connectivity index (χ0n) is 10.8. The van der Waals surface area contributed by atoms with Crippen molar-refractivity contribution in [2.45, 2.75) is 20.3 Å². The summed E-state index contributed by atoms with van der Waals surface area (Å²) >= 11 is 5.02. The molecule has 0 heterocycles. The Morgan fingerprint density at radius 1 is 1.44 bits per heavy atom. The van der Waals surface area contributed by atoms with E-state index < -0.39 is 0 Å². The Morgan fingerprint density at radius 3 is 3.00 bits per heavy atom. The second-order valence-electron chi connectivity index (χ2n) is 3.69. The van der Waals surface area contributed by atoms with E-state index in [4.69, 9.17) is 17.0 Å². The molecule has 1 aromatic rings. The first kappa shape index (κ1) is 14.4. The number of thiocarbonyl (C=S) groups is 1. The Bertz CT molecular complexity index is 407. The van der Waals surface area contributed by atoms with Gasteiger partial charge >= 0.3 is 0 Å². The molecule has 18 heavy (non-hydrogen) atoms. The van der Waals surface area contributed by atoms with Crippen LogP contribution in [0.5, 0.6) is 5.75 Å². The van der Waals surface area contributed by atoms with E-state index in [1.54, 1.807) is 0 Å². The minimum atomic E-state index is 0.576. The van der Waals surface area contributed by atoms with E-state index in [1.165, 1.54) is 0 Å². The predicted octanol–water partition coefficient (Wildman–Crippen LogP) is 0.374. The molecular weight excluding hydrogens is 246 g/mol. The molecule has 0 amide bonds. The third-order valence-corrected chi connectivity index (χ3v) is 2.34. The van der Waals surface area contributed by atoms with Crippen molar-refractivity contribution in [1.82, 2.24) is 10.7 Å². The number of hydrazine groups is 1. The third kappa shape index (κ3) is 5.63. The Morgan fingerprint density at radius 2 is 2.28 bits per heavy atom. The highest BCUT2D eigenvalue weighted by atomic mass is 32.1. The van der Waals surface area contributed by atoms with Crippen molar-refractivity contribution in [3.05, 3.63) is 29.8 Å². The zero-order valence-corrected chi connectivity index (χ0v) is 11.6. The second kappa shape index (κ2) is 8.47. The molecule has 0 aliphatic rings. The smallest absolute Gasteiger partial charge is 0.223 e. The molecule has 0 aliphatic carbocycles. The fourth-order valence-corrected chi connectivity index (χ4v) is 1.51. The minimum absolute atomic E-state index is 0.576. The van der Waals surface area contributed by atoms with Gasteiger partial charge in [0.25, 0.3) is 0 Å². The monoisotopic (exact) mass is 266 g/mol. The molecule has 0 bridgehead atoms. The van der Waals surface area contributed by atoms with Crippen LogP contribution < -0.4 is 20.6 Å². The lowest BCUT2D eigenvalue weighted by Gasteiger charge is -2.03. The quantitative estimate of drug-likeness (QED) is 0.396. The topological polar surface area (TPSA) is 47.3 Å². The van der Waals surface area contributed by atoms with Crippen molar-refractivity contribution < 1.29 is 9.84 Å². The summed E-state index contributed by atoms with van der Waals surface area (Å²) in [6, 6.07) is 7.87. The van der Waals surface area contributed by atoms with Gasteiger partial charge < -0.3 is 10.1 Å². The number of ether oxygens (including phenoxy) is 1. The van der Waals surface area contributed by atoms with Gasteiger partial charge in [-0.15, -0.1) is 10.5 Å². The third-order valence-electron chi connectivity index (χ3n) is 2.09. The Balaban J connectivity index is 2.50. The number of rotatable bonds is 6. The first-order chi connectivity index (χ1) is 8.76. The van der Waals surface area contributed by atoms with Crippen LogP contribution in [0.4, 0.5) is 0 Å². The molecule has 0 aromatic heterocycles. The molecule has 3 N–H and O–H groups in total. The summed E-state index contributed by atoms with van der Waals surface area (Å²) in [7, 11) is 0. The van der Waals surface area contributed by atoms with Crippen LogP contribution in [0.15, 0.2) is 24.3 Å². The first-order valence-electron chi connectivity index (χ1n) is 6.11. The number of hydrogen-bond acceptors (Lipinski definition) is 2. The van der Waals surface area contributed by atoms with Crippen LogP contribution >= 0.6 is 12.2 Å². The fourth-order valence-electron chi connectivity index (χ4n) is 1.30. The highest BCUT2D eigenvalue weighted by Crippen LogP contribution is 2.11. The maximum atomic E-state index is 5.56. The van der Waals surface area contributed by atoms with E-state index in [0.29, 0.717) is 5.11 Å². The van der Waals surface area contributed by atoms with Crippen LogP contribution in [-0.4, -0.2) is 24.5 Å². The van der Waals surface area contributed by atoms with Crippen molar-refractivity contribution in [3.63, 3.8) is 0 Å². The summed E-state index contributed by atoms with van der Waals surface area (Å²) in [5.41, 5.74) is 3.89. The van der Waals surface area contributed by atoms with E-state index in [9.17, 15) is 0 Å². The highest BCUT2D eigenvalue weighted by Gasteiger charge is 1.97. The molecule has 4 nitrogen and oxygen atoms in total. The average molecular weight is 266 g/mol. The maximum absolute atomic E-state index is 5.56. The summed E-state index contributed by atoms with van der Waals surface area (Å²) in [6.45, 7) is 5.61. The Kier molecular flexibility index (Phi) is 6.79. The van der Waals surface area contributed by atoms with Gasteiger partial charge in [0.1, 0.15) is 5.75 Å². The van der Waals surface area contributed by atoms with Gasteiger partial charge in [0.05, 0.1) is 6.61 Å². The van der Waals surface area contributed by atoms with Crippen LogP contribution in [0, 0.1) is 0 Å². The predicted molar refractivity (Wildman–Crippen MR) is 77.8 cm³/mol. The van der Waals surface area contributed by atoms with Crippen molar-refractivity contribution >= 4 is 23.5 Å². The first-order valence-corrected chi connectivity index (χ1v) is 6.52. The van der Waals surface area contributed by atoms with Gasteiger partial charge in [0.2, 0.25) is 5.11 Å². The lowest BCUT2D eigenvalue weighted by molar-refractivity contribution is -0.500. The molecule has 0 atom stereocenters. The second-order valence-corrected chi connectivity index (χ2v) is 4.10. The number of hydrazone groups is 1. The van der Waals surface area contributed by atoms with Crippen LogP contribution in [0.3, 0.4) is 0 Å². The van der Waals surface area contributed by atoms with Gasteiger partial charge in [0, 0.05) is 12.1 Å². The molecule has 5 heteroatoms. The lowest BCUT2D eigenvalue weighted by atomic mass is 10.2. The maximum Gasteiger partial charge on any atom is 0.223 e. The molecular formula is C13H20N3OS+. The van der Waals surface area contributed by atoms with Crippen molar-refractivity contribution in [1.29, 1.82) is 0 Å². The van der Waals surface area contributed by atoms with Gasteiger partial charge in [-0.2, -0.15) is 0 Å². The van der Waals surface area contributed by atoms with Crippen LogP contribution in [-0.2, 0) is 0 Å². The lowest BCUT2D eigenvalue weighted by Crippen LogP contribution is -2.82. The van der Waals surface area contributed by atoms with Gasteiger partial charge in [-0.1, -0.05) is 13.0 Å². The van der Waals surface area contributed by atoms with Crippen LogP contribution in [0.1, 0.15) is 25.8 Å². The molecule has 0 unspecified atom stereocenters. The van der Waals surface area contributed by atoms with Gasteiger partial charge in [-0.05, 0) is 43.8 Å².